The van der Waals surface area contributed by atoms with Gasteiger partial charge in [0.15, 0.2) is 0 Å². The number of aromatic nitrogens is 4. The number of carbonyl (C=O) groups excluding carboxylic acids is 1. The Morgan fingerprint density at radius 3 is 2.63 bits per heavy atom. The van der Waals surface area contributed by atoms with Gasteiger partial charge in [-0.15, -0.1) is 5.10 Å². The highest BCUT2D eigenvalue weighted by Gasteiger charge is 2.30. The van der Waals surface area contributed by atoms with Gasteiger partial charge in [0.05, 0.1) is 17.7 Å². The smallest absolute Gasteiger partial charge is 0.410 e. The molecule has 2 aliphatic rings. The van der Waals surface area contributed by atoms with Crippen molar-refractivity contribution in [2.45, 2.75) is 70.1 Å². The van der Waals surface area contributed by atoms with Crippen LogP contribution in [-0.2, 0) is 23.2 Å². The van der Waals surface area contributed by atoms with Crippen LogP contribution < -0.4 is 4.74 Å². The highest BCUT2D eigenvalue weighted by Crippen LogP contribution is 2.34. The van der Waals surface area contributed by atoms with Gasteiger partial charge in [-0.3, -0.25) is 4.79 Å². The lowest BCUT2D eigenvalue weighted by Crippen LogP contribution is -2.41. The van der Waals surface area contributed by atoms with Crippen LogP contribution in [0.3, 0.4) is 0 Å². The molecule has 2 saturated carbocycles. The molecule has 2 aliphatic carbocycles. The standard InChI is InChI=1S/C23H29F2N5O5/c1-29(14-6-4-7-14)23(33)34-12-17-19(27-28-30(17)2)16-9-10-18(20(26-16)21(24)25)35-15-8-3-5-13(11-15)22(31)32/h9-10,13-15,21H,3-8,11-12H2,1-2H3,(H,31,32)/t13-,15-/m0/s1. The first kappa shape index (κ1) is 24.8. The third kappa shape index (κ3) is 5.51. The summed E-state index contributed by atoms with van der Waals surface area (Å²) in [4.78, 5) is 29.3. The van der Waals surface area contributed by atoms with E-state index >= 15 is 0 Å². The number of aryl methyl sites for hydroxylation is 1. The molecule has 0 saturated heterocycles. The van der Waals surface area contributed by atoms with Crippen LogP contribution in [0.5, 0.6) is 5.75 Å². The largest absolute Gasteiger partial charge is 0.488 e. The van der Waals surface area contributed by atoms with Gasteiger partial charge >= 0.3 is 12.1 Å². The molecule has 10 nitrogen and oxygen atoms in total. The highest BCUT2D eigenvalue weighted by atomic mass is 19.3. The number of amides is 1. The topological polar surface area (TPSA) is 120 Å². The van der Waals surface area contributed by atoms with Crippen molar-refractivity contribution >= 4 is 12.1 Å². The van der Waals surface area contributed by atoms with Gasteiger partial charge in [-0.05, 0) is 57.1 Å². The Balaban J connectivity index is 1.51. The third-order valence-corrected chi connectivity index (χ3v) is 6.79. The van der Waals surface area contributed by atoms with E-state index in [9.17, 15) is 23.5 Å². The summed E-state index contributed by atoms with van der Waals surface area (Å²) >= 11 is 0. The van der Waals surface area contributed by atoms with Crippen molar-refractivity contribution in [2.24, 2.45) is 13.0 Å². The van der Waals surface area contributed by atoms with E-state index in [1.165, 1.54) is 16.8 Å². The summed E-state index contributed by atoms with van der Waals surface area (Å²) in [6.07, 6.45) is 1.13. The van der Waals surface area contributed by atoms with Crippen LogP contribution in [0.2, 0.25) is 0 Å². The maximum atomic E-state index is 13.9. The molecule has 0 aliphatic heterocycles. The fourth-order valence-electron chi connectivity index (χ4n) is 4.40. The minimum atomic E-state index is -2.92. The van der Waals surface area contributed by atoms with Crippen molar-refractivity contribution < 1.29 is 33.0 Å². The predicted molar refractivity (Wildman–Crippen MR) is 119 cm³/mol. The number of carbonyl (C=O) groups is 2. The maximum Gasteiger partial charge on any atom is 0.410 e. The minimum absolute atomic E-state index is 0.0845. The number of hydrogen-bond acceptors (Lipinski definition) is 7. The number of carboxylic acids is 1. The van der Waals surface area contributed by atoms with Crippen molar-refractivity contribution in [3.63, 3.8) is 0 Å². The summed E-state index contributed by atoms with van der Waals surface area (Å²) < 4.78 is 40.4. The number of halogens is 2. The first-order valence-corrected chi connectivity index (χ1v) is 11.7. The van der Waals surface area contributed by atoms with Gasteiger partial charge in [0.25, 0.3) is 6.43 Å². The van der Waals surface area contributed by atoms with Crippen molar-refractivity contribution in [1.29, 1.82) is 0 Å². The molecule has 0 bridgehead atoms. The summed E-state index contributed by atoms with van der Waals surface area (Å²) in [6, 6.07) is 3.06. The van der Waals surface area contributed by atoms with Gasteiger partial charge < -0.3 is 19.5 Å². The van der Waals surface area contributed by atoms with Gasteiger partial charge in [0.2, 0.25) is 0 Å². The summed E-state index contributed by atoms with van der Waals surface area (Å²) in [6.45, 7) is -0.142. The molecule has 0 unspecified atom stereocenters. The average molecular weight is 494 g/mol. The Kier molecular flexibility index (Phi) is 7.46. The van der Waals surface area contributed by atoms with E-state index in [4.69, 9.17) is 9.47 Å². The van der Waals surface area contributed by atoms with Gasteiger partial charge in [-0.2, -0.15) is 0 Å². The number of alkyl halides is 2. The van der Waals surface area contributed by atoms with Gasteiger partial charge in [-0.1, -0.05) is 5.21 Å². The molecule has 35 heavy (non-hydrogen) atoms. The van der Waals surface area contributed by atoms with Crippen LogP contribution in [0.1, 0.15) is 62.8 Å². The molecule has 2 aromatic heterocycles. The van der Waals surface area contributed by atoms with E-state index in [0.29, 0.717) is 25.0 Å². The Morgan fingerprint density at radius 1 is 1.23 bits per heavy atom. The fraction of sp³-hybridized carbons (Fsp3) is 0.609. The second-order valence-electron chi connectivity index (χ2n) is 9.08. The van der Waals surface area contributed by atoms with E-state index in [2.05, 4.69) is 15.3 Å². The first-order chi connectivity index (χ1) is 16.7. The average Bonchev–Trinajstić information content (AvgIpc) is 3.16. The number of ether oxygens (including phenoxy) is 2. The molecule has 2 fully saturated rings. The number of rotatable bonds is 8. The minimum Gasteiger partial charge on any atom is -0.488 e. The Bertz CT molecular complexity index is 1070. The summed E-state index contributed by atoms with van der Waals surface area (Å²) in [7, 11) is 3.30. The normalized spacial score (nSPS) is 20.4. The number of hydrogen-bond donors (Lipinski definition) is 1. The van der Waals surface area contributed by atoms with Crippen LogP contribution in [-0.4, -0.2) is 61.2 Å². The van der Waals surface area contributed by atoms with Gasteiger partial charge in [-0.25, -0.2) is 23.2 Å². The van der Waals surface area contributed by atoms with E-state index in [1.54, 1.807) is 19.0 Å². The van der Waals surface area contributed by atoms with Crippen molar-refractivity contribution in [3.8, 4) is 17.1 Å². The lowest BCUT2D eigenvalue weighted by molar-refractivity contribution is -0.143. The number of pyridine rings is 1. The summed E-state index contributed by atoms with van der Waals surface area (Å²) in [5.74, 6) is -1.54. The van der Waals surface area contributed by atoms with Crippen LogP contribution >= 0.6 is 0 Å². The lowest BCUT2D eigenvalue weighted by Gasteiger charge is -2.33. The SMILES string of the molecule is CN(C(=O)OCc1c(-c2ccc(O[C@H]3CCC[C@H](C(=O)O)C3)c(C(F)F)n2)nnn1C)C1CCC1. The Morgan fingerprint density at radius 2 is 1.97 bits per heavy atom. The van der Waals surface area contributed by atoms with Crippen molar-refractivity contribution in [2.75, 3.05) is 7.05 Å². The molecule has 1 N–H and O–H groups in total. The molecule has 0 aromatic carbocycles. The van der Waals surface area contributed by atoms with Crippen LogP contribution in [0.15, 0.2) is 12.1 Å². The van der Waals surface area contributed by atoms with E-state index in [-0.39, 0.29) is 36.2 Å². The molecule has 2 atom stereocenters. The first-order valence-electron chi connectivity index (χ1n) is 11.7. The van der Waals surface area contributed by atoms with E-state index in [0.717, 1.165) is 19.3 Å². The molecule has 12 heteroatoms. The lowest BCUT2D eigenvalue weighted by atomic mass is 9.87. The van der Waals surface area contributed by atoms with Crippen LogP contribution in [0.25, 0.3) is 11.4 Å². The van der Waals surface area contributed by atoms with Gasteiger partial charge in [0, 0.05) is 20.1 Å². The second-order valence-corrected chi connectivity index (χ2v) is 9.08. The maximum absolute atomic E-state index is 13.9. The summed E-state index contributed by atoms with van der Waals surface area (Å²) in [5, 5.41) is 17.3. The zero-order valence-corrected chi connectivity index (χ0v) is 19.7. The highest BCUT2D eigenvalue weighted by molar-refractivity contribution is 5.70. The Hall–Kier alpha value is -3.31. The molecular weight excluding hydrogens is 464 g/mol. The van der Waals surface area contributed by atoms with Crippen molar-refractivity contribution in [3.05, 3.63) is 23.5 Å². The quantitative estimate of drug-likeness (QED) is 0.587. The van der Waals surface area contributed by atoms with Gasteiger partial charge in [0.1, 0.15) is 29.4 Å². The molecule has 2 heterocycles. The number of carboxylic acid groups (broad SMARTS) is 1. The fourth-order valence-corrected chi connectivity index (χ4v) is 4.40. The van der Waals surface area contributed by atoms with Crippen LogP contribution in [0, 0.1) is 5.92 Å². The monoisotopic (exact) mass is 493 g/mol. The zero-order valence-electron chi connectivity index (χ0n) is 19.7. The molecule has 0 spiro atoms. The molecule has 0 radical (unpaired) electrons. The predicted octanol–water partition coefficient (Wildman–Crippen LogP) is 3.96. The van der Waals surface area contributed by atoms with Crippen molar-refractivity contribution in [1.82, 2.24) is 24.9 Å². The number of aliphatic carboxylic acids is 1. The van der Waals surface area contributed by atoms with E-state index in [1.807, 2.05) is 0 Å². The zero-order chi connectivity index (χ0) is 25.1. The molecular formula is C23H29F2N5O5. The Labute approximate surface area is 201 Å². The molecule has 1 amide bonds. The molecule has 2 aromatic rings. The summed E-state index contributed by atoms with van der Waals surface area (Å²) in [5.41, 5.74) is 0.228. The second kappa shape index (κ2) is 10.5. The molecule has 190 valence electrons. The number of nitrogens with zero attached hydrogens (tertiary/aromatic N) is 5. The van der Waals surface area contributed by atoms with E-state index < -0.39 is 36.2 Å². The van der Waals surface area contributed by atoms with Crippen LogP contribution in [0.4, 0.5) is 13.6 Å². The molecule has 4 rings (SSSR count). The third-order valence-electron chi connectivity index (χ3n) is 6.79.